The van der Waals surface area contributed by atoms with Crippen molar-refractivity contribution in [3.05, 3.63) is 35.9 Å². The van der Waals surface area contributed by atoms with Gasteiger partial charge in [0.1, 0.15) is 12.1 Å². The Morgan fingerprint density at radius 1 is 1.33 bits per heavy atom. The van der Waals surface area contributed by atoms with E-state index in [1.807, 2.05) is 30.3 Å². The molecule has 6 nitrogen and oxygen atoms in total. The lowest BCUT2D eigenvalue weighted by Gasteiger charge is -2.41. The van der Waals surface area contributed by atoms with Crippen LogP contribution in [-0.4, -0.2) is 40.7 Å². The van der Waals surface area contributed by atoms with E-state index in [-0.39, 0.29) is 6.54 Å². The first-order chi connectivity index (χ1) is 9.82. The van der Waals surface area contributed by atoms with Crippen molar-refractivity contribution in [2.45, 2.75) is 31.8 Å². The molecular formula is C15H19N3O3. The summed E-state index contributed by atoms with van der Waals surface area (Å²) in [6, 6.07) is 8.60. The maximum Gasteiger partial charge on any atom is 0.252 e. The fraction of sp³-hybridized carbons (Fsp3) is 0.400. The molecule has 0 bridgehead atoms. The van der Waals surface area contributed by atoms with Gasteiger partial charge in [-0.15, -0.1) is 0 Å². The third-order valence-electron chi connectivity index (χ3n) is 3.67. The lowest BCUT2D eigenvalue weighted by molar-refractivity contribution is -0.156. The number of nitrogens with zero attached hydrogens (tertiary/aromatic N) is 1. The summed E-state index contributed by atoms with van der Waals surface area (Å²) in [7, 11) is 0. The Balaban J connectivity index is 2.14. The second-order valence-electron chi connectivity index (χ2n) is 5.66. The second kappa shape index (κ2) is 5.65. The first kappa shape index (κ1) is 15.2. The molecule has 1 heterocycles. The zero-order chi connectivity index (χ0) is 15.6. The zero-order valence-corrected chi connectivity index (χ0v) is 12.1. The number of nitrogens with one attached hydrogen (secondary N) is 1. The molecule has 1 aromatic carbocycles. The molecule has 0 radical (unpaired) electrons. The normalized spacial score (nSPS) is 19.1. The highest BCUT2D eigenvalue weighted by molar-refractivity contribution is 6.06. The first-order valence-electron chi connectivity index (χ1n) is 6.77. The van der Waals surface area contributed by atoms with Crippen LogP contribution in [-0.2, 0) is 20.8 Å². The lowest BCUT2D eigenvalue weighted by atomic mass is 9.96. The van der Waals surface area contributed by atoms with Gasteiger partial charge in [0, 0.05) is 0 Å². The summed E-state index contributed by atoms with van der Waals surface area (Å²) in [6.07, 6.45) is 0.363. The van der Waals surface area contributed by atoms with Crippen LogP contribution >= 0.6 is 0 Å². The van der Waals surface area contributed by atoms with E-state index >= 15 is 0 Å². The molecule has 21 heavy (non-hydrogen) atoms. The summed E-state index contributed by atoms with van der Waals surface area (Å²) >= 11 is 0. The van der Waals surface area contributed by atoms with Crippen LogP contribution in [0.2, 0.25) is 0 Å². The predicted molar refractivity (Wildman–Crippen MR) is 77.1 cm³/mol. The third-order valence-corrected chi connectivity index (χ3v) is 3.67. The van der Waals surface area contributed by atoms with Crippen LogP contribution in [0.15, 0.2) is 30.3 Å². The largest absolute Gasteiger partial charge is 0.320 e. The summed E-state index contributed by atoms with van der Waals surface area (Å²) in [6.45, 7) is 3.05. The van der Waals surface area contributed by atoms with E-state index in [2.05, 4.69) is 5.32 Å². The highest BCUT2D eigenvalue weighted by Crippen LogP contribution is 2.19. The average molecular weight is 289 g/mol. The number of carbonyl (C=O) groups excluding carboxylic acids is 3. The van der Waals surface area contributed by atoms with E-state index in [9.17, 15) is 14.4 Å². The second-order valence-corrected chi connectivity index (χ2v) is 5.66. The molecule has 0 aromatic heterocycles. The molecule has 1 aliphatic rings. The van der Waals surface area contributed by atoms with Gasteiger partial charge in [-0.2, -0.15) is 0 Å². The topological polar surface area (TPSA) is 92.5 Å². The van der Waals surface area contributed by atoms with Crippen LogP contribution in [0.25, 0.3) is 0 Å². The van der Waals surface area contributed by atoms with Crippen LogP contribution in [0, 0.1) is 0 Å². The highest BCUT2D eigenvalue weighted by Gasteiger charge is 2.44. The fourth-order valence-corrected chi connectivity index (χ4v) is 2.29. The van der Waals surface area contributed by atoms with Gasteiger partial charge >= 0.3 is 0 Å². The van der Waals surface area contributed by atoms with E-state index in [0.29, 0.717) is 6.42 Å². The van der Waals surface area contributed by atoms with Crippen LogP contribution in [0.1, 0.15) is 19.4 Å². The van der Waals surface area contributed by atoms with E-state index in [1.54, 1.807) is 13.8 Å². The van der Waals surface area contributed by atoms with Crippen molar-refractivity contribution in [1.29, 1.82) is 0 Å². The first-order valence-corrected chi connectivity index (χ1v) is 6.77. The Kier molecular flexibility index (Phi) is 4.09. The van der Waals surface area contributed by atoms with Crippen molar-refractivity contribution in [1.82, 2.24) is 10.2 Å². The summed E-state index contributed by atoms with van der Waals surface area (Å²) in [5, 5.41) is 2.23. The molecule has 3 N–H and O–H groups in total. The molecule has 0 aliphatic carbocycles. The smallest absolute Gasteiger partial charge is 0.252 e. The molecular weight excluding hydrogens is 270 g/mol. The molecule has 0 saturated carbocycles. The summed E-state index contributed by atoms with van der Waals surface area (Å²) in [4.78, 5) is 37.1. The number of nitrogens with two attached hydrogens (primary N) is 1. The number of hydrogen-bond acceptors (Lipinski definition) is 4. The third kappa shape index (κ3) is 3.11. The quantitative estimate of drug-likeness (QED) is 0.755. The predicted octanol–water partition coefficient (Wildman–Crippen LogP) is -0.180. The van der Waals surface area contributed by atoms with Crippen LogP contribution < -0.4 is 11.1 Å². The van der Waals surface area contributed by atoms with Gasteiger partial charge < -0.3 is 10.6 Å². The summed E-state index contributed by atoms with van der Waals surface area (Å²) in [5.41, 5.74) is 5.81. The maximum atomic E-state index is 12.5. The number of piperazine rings is 1. The molecule has 2 rings (SSSR count). The van der Waals surface area contributed by atoms with Crippen molar-refractivity contribution >= 4 is 17.7 Å². The number of hydrogen-bond donors (Lipinski definition) is 2. The molecule has 0 spiro atoms. The van der Waals surface area contributed by atoms with Gasteiger partial charge in [-0.25, -0.2) is 0 Å². The van der Waals surface area contributed by atoms with E-state index in [0.717, 1.165) is 5.56 Å². The number of amides is 3. The lowest BCUT2D eigenvalue weighted by Crippen LogP contribution is -2.67. The Labute approximate surface area is 123 Å². The van der Waals surface area contributed by atoms with Crippen LogP contribution in [0.3, 0.4) is 0 Å². The summed E-state index contributed by atoms with van der Waals surface area (Å²) < 4.78 is 0. The van der Waals surface area contributed by atoms with Gasteiger partial charge in [0.2, 0.25) is 11.8 Å². The minimum Gasteiger partial charge on any atom is -0.320 e. The SMILES string of the molecule is CC1(C)C(=O)NC(=O)CN1C(=O)[C@H](N)Cc1ccccc1. The standard InChI is InChI=1S/C15H19N3O3/c1-15(2)14(21)17-12(19)9-18(15)13(20)11(16)8-10-6-4-3-5-7-10/h3-7,11H,8-9,16H2,1-2H3,(H,17,19,21)/t11-/m1/s1. The minimum atomic E-state index is -1.08. The van der Waals surface area contributed by atoms with E-state index in [1.165, 1.54) is 4.90 Å². The molecule has 1 saturated heterocycles. The van der Waals surface area contributed by atoms with Gasteiger partial charge in [0.15, 0.2) is 0 Å². The van der Waals surface area contributed by atoms with Gasteiger partial charge in [0.05, 0.1) is 6.04 Å². The number of imide groups is 1. The van der Waals surface area contributed by atoms with Crippen molar-refractivity contribution in [3.63, 3.8) is 0 Å². The van der Waals surface area contributed by atoms with Crippen LogP contribution in [0.5, 0.6) is 0 Å². The monoisotopic (exact) mass is 289 g/mol. The Morgan fingerprint density at radius 3 is 2.57 bits per heavy atom. The highest BCUT2D eigenvalue weighted by atomic mass is 16.2. The number of rotatable bonds is 3. The molecule has 6 heteroatoms. The van der Waals surface area contributed by atoms with Crippen molar-refractivity contribution < 1.29 is 14.4 Å². The van der Waals surface area contributed by atoms with Gasteiger partial charge in [-0.3, -0.25) is 19.7 Å². The molecule has 1 fully saturated rings. The van der Waals surface area contributed by atoms with Crippen molar-refractivity contribution in [2.24, 2.45) is 5.73 Å². The average Bonchev–Trinajstić information content (AvgIpc) is 2.43. The number of carbonyl (C=O) groups is 3. The van der Waals surface area contributed by atoms with E-state index in [4.69, 9.17) is 5.73 Å². The molecule has 1 aliphatic heterocycles. The molecule has 1 atom stereocenters. The van der Waals surface area contributed by atoms with Gasteiger partial charge in [-0.1, -0.05) is 30.3 Å². The van der Waals surface area contributed by atoms with E-state index < -0.39 is 29.3 Å². The molecule has 112 valence electrons. The fourth-order valence-electron chi connectivity index (χ4n) is 2.29. The maximum absolute atomic E-state index is 12.5. The minimum absolute atomic E-state index is 0.153. The molecule has 1 aromatic rings. The van der Waals surface area contributed by atoms with Gasteiger partial charge in [-0.05, 0) is 25.8 Å². The number of benzene rings is 1. The van der Waals surface area contributed by atoms with Crippen molar-refractivity contribution in [2.75, 3.05) is 6.54 Å². The molecule has 3 amide bonds. The Bertz CT molecular complexity index is 569. The van der Waals surface area contributed by atoms with Crippen molar-refractivity contribution in [3.8, 4) is 0 Å². The summed E-state index contributed by atoms with van der Waals surface area (Å²) in [5.74, 6) is -1.37. The zero-order valence-electron chi connectivity index (χ0n) is 12.1. The molecule has 0 unspecified atom stereocenters. The van der Waals surface area contributed by atoms with Gasteiger partial charge in [0.25, 0.3) is 5.91 Å². The van der Waals surface area contributed by atoms with Crippen LogP contribution in [0.4, 0.5) is 0 Å². The Morgan fingerprint density at radius 2 is 1.95 bits per heavy atom. The Hall–Kier alpha value is -2.21.